The number of unbranched alkanes of at least 4 members (excludes halogenated alkanes) is 1. The average Bonchev–Trinajstić information content (AvgIpc) is 2.39. The molecule has 0 aliphatic carbocycles. The molecule has 18 heavy (non-hydrogen) atoms. The fourth-order valence-electron chi connectivity index (χ4n) is 1.82. The van der Waals surface area contributed by atoms with Crippen molar-refractivity contribution in [3.63, 3.8) is 0 Å². The summed E-state index contributed by atoms with van der Waals surface area (Å²) in [7, 11) is 3.21. The Morgan fingerprint density at radius 3 is 2.61 bits per heavy atom. The number of benzene rings is 1. The number of terminal acetylenes is 1. The van der Waals surface area contributed by atoms with Gasteiger partial charge in [-0.2, -0.15) is 0 Å². The van der Waals surface area contributed by atoms with E-state index in [2.05, 4.69) is 5.92 Å². The molecule has 0 heterocycles. The van der Waals surface area contributed by atoms with Gasteiger partial charge in [0.25, 0.3) is 0 Å². The fraction of sp³-hybridized carbons (Fsp3) is 0.467. The van der Waals surface area contributed by atoms with Crippen LogP contribution in [-0.4, -0.2) is 25.4 Å². The highest BCUT2D eigenvalue weighted by atomic mass is 16.5. The third kappa shape index (κ3) is 4.31. The maximum Gasteiger partial charge on any atom is 0.160 e. The highest BCUT2D eigenvalue weighted by molar-refractivity contribution is 5.43. The van der Waals surface area contributed by atoms with Gasteiger partial charge < -0.3 is 14.6 Å². The van der Waals surface area contributed by atoms with Crippen molar-refractivity contribution in [2.24, 2.45) is 0 Å². The molecule has 0 fully saturated rings. The second-order valence-electron chi connectivity index (χ2n) is 4.14. The van der Waals surface area contributed by atoms with E-state index in [0.717, 1.165) is 18.4 Å². The summed E-state index contributed by atoms with van der Waals surface area (Å²) in [4.78, 5) is 0. The van der Waals surface area contributed by atoms with Gasteiger partial charge in [-0.25, -0.2) is 0 Å². The largest absolute Gasteiger partial charge is 0.493 e. The maximum absolute atomic E-state index is 9.88. The molecule has 1 aromatic carbocycles. The first-order valence-corrected chi connectivity index (χ1v) is 6.03. The van der Waals surface area contributed by atoms with Gasteiger partial charge >= 0.3 is 0 Å². The molecule has 1 atom stereocenters. The van der Waals surface area contributed by atoms with Crippen molar-refractivity contribution in [3.05, 3.63) is 23.8 Å². The molecule has 98 valence electrons. The Bertz CT molecular complexity index is 407. The van der Waals surface area contributed by atoms with Crippen LogP contribution in [0.2, 0.25) is 0 Å². The molecule has 3 heteroatoms. The van der Waals surface area contributed by atoms with Crippen LogP contribution in [0.5, 0.6) is 11.5 Å². The van der Waals surface area contributed by atoms with Crippen LogP contribution in [0.3, 0.4) is 0 Å². The van der Waals surface area contributed by atoms with Crippen LogP contribution in [-0.2, 0) is 6.42 Å². The quantitative estimate of drug-likeness (QED) is 0.595. The van der Waals surface area contributed by atoms with E-state index in [1.54, 1.807) is 14.2 Å². The van der Waals surface area contributed by atoms with E-state index < -0.39 is 0 Å². The molecule has 1 rings (SSSR count). The van der Waals surface area contributed by atoms with Gasteiger partial charge in [-0.3, -0.25) is 0 Å². The molecule has 1 aromatic rings. The zero-order chi connectivity index (χ0) is 13.4. The third-order valence-electron chi connectivity index (χ3n) is 2.78. The van der Waals surface area contributed by atoms with E-state index >= 15 is 0 Å². The molecule has 0 saturated carbocycles. The number of aliphatic hydroxyl groups excluding tert-OH is 1. The van der Waals surface area contributed by atoms with Crippen molar-refractivity contribution in [2.45, 2.75) is 31.8 Å². The van der Waals surface area contributed by atoms with Gasteiger partial charge in [0.15, 0.2) is 11.5 Å². The molecule has 0 spiro atoms. The highest BCUT2D eigenvalue weighted by Crippen LogP contribution is 2.28. The summed E-state index contributed by atoms with van der Waals surface area (Å²) >= 11 is 0. The predicted octanol–water partition coefficient (Wildman–Crippen LogP) is 2.41. The lowest BCUT2D eigenvalue weighted by Crippen LogP contribution is -2.10. The lowest BCUT2D eigenvalue weighted by atomic mass is 10.0. The maximum atomic E-state index is 9.88. The van der Waals surface area contributed by atoms with Crippen molar-refractivity contribution >= 4 is 0 Å². The van der Waals surface area contributed by atoms with Crippen molar-refractivity contribution in [2.75, 3.05) is 14.2 Å². The first kappa shape index (κ1) is 14.4. The third-order valence-corrected chi connectivity index (χ3v) is 2.78. The number of hydrogen-bond acceptors (Lipinski definition) is 3. The molecule has 0 bridgehead atoms. The van der Waals surface area contributed by atoms with E-state index in [1.807, 2.05) is 18.2 Å². The summed E-state index contributed by atoms with van der Waals surface area (Å²) in [6, 6.07) is 5.68. The summed E-state index contributed by atoms with van der Waals surface area (Å²) in [6.07, 6.45) is 7.70. The van der Waals surface area contributed by atoms with Gasteiger partial charge in [-0.05, 0) is 37.0 Å². The SMILES string of the molecule is C#CCCCC(O)Cc1ccc(OC)c(OC)c1. The van der Waals surface area contributed by atoms with Gasteiger partial charge in [0.05, 0.1) is 20.3 Å². The van der Waals surface area contributed by atoms with Gasteiger partial charge in [0, 0.05) is 6.42 Å². The fourth-order valence-corrected chi connectivity index (χ4v) is 1.82. The van der Waals surface area contributed by atoms with Crippen molar-refractivity contribution in [3.8, 4) is 23.8 Å². The number of methoxy groups -OCH3 is 2. The number of aliphatic hydroxyl groups is 1. The molecule has 0 aliphatic heterocycles. The Kier molecular flexibility index (Phi) is 6.10. The standard InChI is InChI=1S/C15H20O3/c1-4-5-6-7-13(16)10-12-8-9-14(17-2)15(11-12)18-3/h1,8-9,11,13,16H,5-7,10H2,2-3H3. The van der Waals surface area contributed by atoms with E-state index in [9.17, 15) is 5.11 Å². The van der Waals surface area contributed by atoms with E-state index in [4.69, 9.17) is 15.9 Å². The Balaban J connectivity index is 2.59. The smallest absolute Gasteiger partial charge is 0.160 e. The van der Waals surface area contributed by atoms with Crippen LogP contribution in [0.4, 0.5) is 0 Å². The van der Waals surface area contributed by atoms with E-state index in [0.29, 0.717) is 24.3 Å². The summed E-state index contributed by atoms with van der Waals surface area (Å²) in [5.41, 5.74) is 1.03. The zero-order valence-corrected chi connectivity index (χ0v) is 11.0. The average molecular weight is 248 g/mol. The van der Waals surface area contributed by atoms with Gasteiger partial charge in [-0.1, -0.05) is 6.07 Å². The summed E-state index contributed by atoms with van der Waals surface area (Å²) in [5.74, 6) is 3.96. The summed E-state index contributed by atoms with van der Waals surface area (Å²) in [6.45, 7) is 0. The minimum Gasteiger partial charge on any atom is -0.493 e. The Labute approximate surface area is 109 Å². The van der Waals surface area contributed by atoms with Crippen molar-refractivity contribution in [1.82, 2.24) is 0 Å². The lowest BCUT2D eigenvalue weighted by molar-refractivity contribution is 0.162. The lowest BCUT2D eigenvalue weighted by Gasteiger charge is -2.12. The predicted molar refractivity (Wildman–Crippen MR) is 71.9 cm³/mol. The Morgan fingerprint density at radius 2 is 2.00 bits per heavy atom. The molecular formula is C15H20O3. The Hall–Kier alpha value is -1.66. The van der Waals surface area contributed by atoms with E-state index in [1.165, 1.54) is 0 Å². The summed E-state index contributed by atoms with van der Waals surface area (Å²) in [5, 5.41) is 9.88. The van der Waals surface area contributed by atoms with Gasteiger partial charge in [-0.15, -0.1) is 12.3 Å². The topological polar surface area (TPSA) is 38.7 Å². The molecule has 0 aromatic heterocycles. The molecule has 0 amide bonds. The second-order valence-corrected chi connectivity index (χ2v) is 4.14. The number of rotatable bonds is 7. The monoisotopic (exact) mass is 248 g/mol. The van der Waals surface area contributed by atoms with E-state index in [-0.39, 0.29) is 6.10 Å². The Morgan fingerprint density at radius 1 is 1.28 bits per heavy atom. The van der Waals surface area contributed by atoms with Gasteiger partial charge in [0.2, 0.25) is 0 Å². The molecule has 1 N–H and O–H groups in total. The first-order chi connectivity index (χ1) is 8.71. The minimum atomic E-state index is -0.364. The molecule has 0 aliphatic rings. The molecular weight excluding hydrogens is 228 g/mol. The highest BCUT2D eigenvalue weighted by Gasteiger charge is 2.09. The molecule has 3 nitrogen and oxygen atoms in total. The summed E-state index contributed by atoms with van der Waals surface area (Å²) < 4.78 is 10.4. The molecule has 0 radical (unpaired) electrons. The van der Waals surface area contributed by atoms with Crippen LogP contribution in [0.1, 0.15) is 24.8 Å². The van der Waals surface area contributed by atoms with Crippen LogP contribution in [0, 0.1) is 12.3 Å². The number of ether oxygens (including phenoxy) is 2. The minimum absolute atomic E-state index is 0.364. The van der Waals surface area contributed by atoms with Crippen LogP contribution in [0.25, 0.3) is 0 Å². The molecule has 0 saturated heterocycles. The van der Waals surface area contributed by atoms with Gasteiger partial charge in [0.1, 0.15) is 0 Å². The zero-order valence-electron chi connectivity index (χ0n) is 11.0. The van der Waals surface area contributed by atoms with Crippen LogP contribution >= 0.6 is 0 Å². The van der Waals surface area contributed by atoms with Crippen molar-refractivity contribution < 1.29 is 14.6 Å². The number of hydrogen-bond donors (Lipinski definition) is 1. The normalized spacial score (nSPS) is 11.7. The van der Waals surface area contributed by atoms with Crippen molar-refractivity contribution in [1.29, 1.82) is 0 Å². The second kappa shape index (κ2) is 7.62. The van der Waals surface area contributed by atoms with Crippen LogP contribution in [0.15, 0.2) is 18.2 Å². The van der Waals surface area contributed by atoms with Crippen LogP contribution < -0.4 is 9.47 Å². The first-order valence-electron chi connectivity index (χ1n) is 6.03. The molecule has 1 unspecified atom stereocenters.